The fourth-order valence-electron chi connectivity index (χ4n) is 3.93. The van der Waals surface area contributed by atoms with Crippen LogP contribution < -0.4 is 5.32 Å². The van der Waals surface area contributed by atoms with Gasteiger partial charge >= 0.3 is 5.97 Å². The molecular formula is C22H25FN2O4. The Morgan fingerprint density at radius 3 is 2.55 bits per heavy atom. The normalized spacial score (nSPS) is 22.2. The van der Waals surface area contributed by atoms with Gasteiger partial charge in [0.1, 0.15) is 11.2 Å². The molecule has 0 unspecified atom stereocenters. The summed E-state index contributed by atoms with van der Waals surface area (Å²) in [6.45, 7) is 1.20. The number of hydrogen-bond donors (Lipinski definition) is 3. The Bertz CT molecular complexity index is 887. The molecule has 0 aliphatic carbocycles. The lowest BCUT2D eigenvalue weighted by atomic mass is 9.72. The third-order valence-electron chi connectivity index (χ3n) is 5.55. The highest BCUT2D eigenvalue weighted by Gasteiger charge is 2.49. The number of amides is 1. The molecule has 0 radical (unpaired) electrons. The molecule has 1 aliphatic rings. The Balaban J connectivity index is 1.78. The Hall–Kier alpha value is -2.77. The average molecular weight is 400 g/mol. The molecule has 1 aliphatic heterocycles. The first-order valence-electron chi connectivity index (χ1n) is 9.53. The SMILES string of the molecule is CNC(=O)c1ccc(CN2CC[C@@H](O)[C@](Cc3cccc(F)c3)(C(=O)O)C2)cc1. The molecule has 0 saturated carbocycles. The quantitative estimate of drug-likeness (QED) is 0.691. The number of carbonyl (C=O) groups excluding carboxylic acids is 1. The van der Waals surface area contributed by atoms with Crippen LogP contribution in [0.2, 0.25) is 0 Å². The van der Waals surface area contributed by atoms with Crippen molar-refractivity contribution < 1.29 is 24.2 Å². The largest absolute Gasteiger partial charge is 0.481 e. The Kier molecular flexibility index (Phi) is 6.30. The van der Waals surface area contributed by atoms with E-state index < -0.39 is 23.3 Å². The van der Waals surface area contributed by atoms with Crippen LogP contribution in [-0.2, 0) is 17.8 Å². The van der Waals surface area contributed by atoms with Crippen molar-refractivity contribution in [2.75, 3.05) is 20.1 Å². The van der Waals surface area contributed by atoms with E-state index in [1.807, 2.05) is 17.0 Å². The second-order valence-corrected chi connectivity index (χ2v) is 7.56. The molecule has 2 aromatic carbocycles. The van der Waals surface area contributed by atoms with Crippen molar-refractivity contribution in [1.29, 1.82) is 0 Å². The number of nitrogens with zero attached hydrogens (tertiary/aromatic N) is 1. The van der Waals surface area contributed by atoms with E-state index in [1.165, 1.54) is 12.1 Å². The highest BCUT2D eigenvalue weighted by molar-refractivity contribution is 5.93. The van der Waals surface area contributed by atoms with Crippen LogP contribution in [0.25, 0.3) is 0 Å². The van der Waals surface area contributed by atoms with Gasteiger partial charge < -0.3 is 15.5 Å². The fraction of sp³-hybridized carbons (Fsp3) is 0.364. The van der Waals surface area contributed by atoms with Gasteiger partial charge in [-0.05, 0) is 48.2 Å². The van der Waals surface area contributed by atoms with Crippen LogP contribution in [0.4, 0.5) is 4.39 Å². The first-order chi connectivity index (χ1) is 13.8. The summed E-state index contributed by atoms with van der Waals surface area (Å²) >= 11 is 0. The molecule has 0 aromatic heterocycles. The number of rotatable bonds is 6. The van der Waals surface area contributed by atoms with Gasteiger partial charge in [-0.25, -0.2) is 4.39 Å². The van der Waals surface area contributed by atoms with E-state index in [4.69, 9.17) is 0 Å². The van der Waals surface area contributed by atoms with Gasteiger partial charge in [-0.1, -0.05) is 24.3 Å². The molecule has 1 fully saturated rings. The highest BCUT2D eigenvalue weighted by atomic mass is 19.1. The number of nitrogens with one attached hydrogen (secondary N) is 1. The summed E-state index contributed by atoms with van der Waals surface area (Å²) in [4.78, 5) is 25.9. The maximum atomic E-state index is 13.6. The Morgan fingerprint density at radius 1 is 1.21 bits per heavy atom. The average Bonchev–Trinajstić information content (AvgIpc) is 2.70. The van der Waals surface area contributed by atoms with Gasteiger partial charge in [0.25, 0.3) is 5.91 Å². The van der Waals surface area contributed by atoms with Crippen molar-refractivity contribution in [3.05, 3.63) is 71.0 Å². The number of carbonyl (C=O) groups is 2. The van der Waals surface area contributed by atoms with Crippen LogP contribution in [0.5, 0.6) is 0 Å². The Morgan fingerprint density at radius 2 is 1.93 bits per heavy atom. The zero-order valence-corrected chi connectivity index (χ0v) is 16.3. The summed E-state index contributed by atoms with van der Waals surface area (Å²) in [5, 5.41) is 23.1. The lowest BCUT2D eigenvalue weighted by Gasteiger charge is -2.43. The fourth-order valence-corrected chi connectivity index (χ4v) is 3.93. The zero-order chi connectivity index (χ0) is 21.0. The number of piperidine rings is 1. The number of likely N-dealkylation sites (tertiary alicyclic amines) is 1. The predicted molar refractivity (Wildman–Crippen MR) is 106 cm³/mol. The number of carboxylic acid groups (broad SMARTS) is 1. The van der Waals surface area contributed by atoms with Crippen molar-refractivity contribution >= 4 is 11.9 Å². The van der Waals surface area contributed by atoms with Crippen LogP contribution in [0.3, 0.4) is 0 Å². The van der Waals surface area contributed by atoms with Gasteiger partial charge in [0.15, 0.2) is 0 Å². The van der Waals surface area contributed by atoms with Crippen LogP contribution in [-0.4, -0.2) is 53.2 Å². The topological polar surface area (TPSA) is 89.9 Å². The van der Waals surface area contributed by atoms with Crippen molar-refractivity contribution in [3.8, 4) is 0 Å². The molecule has 7 heteroatoms. The molecule has 154 valence electrons. The van der Waals surface area contributed by atoms with Crippen molar-refractivity contribution in [3.63, 3.8) is 0 Å². The molecule has 29 heavy (non-hydrogen) atoms. The molecule has 3 N–H and O–H groups in total. The van der Waals surface area contributed by atoms with E-state index in [9.17, 15) is 24.2 Å². The van der Waals surface area contributed by atoms with Gasteiger partial charge in [0, 0.05) is 32.2 Å². The van der Waals surface area contributed by atoms with Gasteiger partial charge in [-0.2, -0.15) is 0 Å². The van der Waals surface area contributed by atoms with Crippen molar-refractivity contribution in [2.45, 2.75) is 25.5 Å². The second-order valence-electron chi connectivity index (χ2n) is 7.56. The maximum Gasteiger partial charge on any atom is 0.313 e. The first kappa shape index (κ1) is 21.0. The van der Waals surface area contributed by atoms with E-state index in [0.29, 0.717) is 30.6 Å². The molecule has 0 spiro atoms. The van der Waals surface area contributed by atoms with Gasteiger partial charge in [-0.15, -0.1) is 0 Å². The van der Waals surface area contributed by atoms with E-state index in [1.54, 1.807) is 31.3 Å². The summed E-state index contributed by atoms with van der Waals surface area (Å²) < 4.78 is 13.6. The second kappa shape index (κ2) is 8.71. The van der Waals surface area contributed by atoms with Crippen LogP contribution in [0.1, 0.15) is 27.9 Å². The number of aliphatic hydroxyl groups excluding tert-OH is 1. The minimum Gasteiger partial charge on any atom is -0.481 e. The lowest BCUT2D eigenvalue weighted by molar-refractivity contribution is -0.163. The number of aliphatic hydroxyl groups is 1. The molecule has 2 aromatic rings. The van der Waals surface area contributed by atoms with Crippen molar-refractivity contribution in [2.24, 2.45) is 5.41 Å². The summed E-state index contributed by atoms with van der Waals surface area (Å²) in [5.74, 6) is -1.69. The molecule has 2 atom stereocenters. The van der Waals surface area contributed by atoms with Crippen LogP contribution in [0, 0.1) is 11.2 Å². The number of carboxylic acids is 1. The summed E-state index contributed by atoms with van der Waals surface area (Å²) in [6, 6.07) is 13.0. The van der Waals surface area contributed by atoms with Gasteiger partial charge in [0.05, 0.1) is 6.10 Å². The summed E-state index contributed by atoms with van der Waals surface area (Å²) in [5.41, 5.74) is 0.632. The Labute approximate surface area is 169 Å². The number of hydrogen-bond acceptors (Lipinski definition) is 4. The molecule has 1 heterocycles. The molecule has 0 bridgehead atoms. The first-order valence-corrected chi connectivity index (χ1v) is 9.53. The third kappa shape index (κ3) is 4.63. The maximum absolute atomic E-state index is 13.6. The van der Waals surface area contributed by atoms with E-state index >= 15 is 0 Å². The minimum absolute atomic E-state index is 0.0490. The minimum atomic E-state index is -1.41. The smallest absolute Gasteiger partial charge is 0.313 e. The van der Waals surface area contributed by atoms with E-state index in [0.717, 1.165) is 5.56 Å². The summed E-state index contributed by atoms with van der Waals surface area (Å²) in [6.07, 6.45) is -0.652. The lowest BCUT2D eigenvalue weighted by Crippen LogP contribution is -2.56. The number of benzene rings is 2. The predicted octanol–water partition coefficient (Wildman–Crippen LogP) is 2.07. The molecule has 6 nitrogen and oxygen atoms in total. The van der Waals surface area contributed by atoms with Gasteiger partial charge in [0.2, 0.25) is 0 Å². The molecule has 3 rings (SSSR count). The van der Waals surface area contributed by atoms with E-state index in [2.05, 4.69) is 5.32 Å². The van der Waals surface area contributed by atoms with Crippen LogP contribution >= 0.6 is 0 Å². The number of aliphatic carboxylic acids is 1. The molecular weight excluding hydrogens is 375 g/mol. The standard InChI is InChI=1S/C22H25FN2O4/c1-24-20(27)17-7-5-15(6-8-17)13-25-10-9-19(26)22(14-25,21(28)29)12-16-3-2-4-18(23)11-16/h2-8,11,19,26H,9-10,12-14H2,1H3,(H,24,27)(H,28,29)/t19-,22-/m1/s1. The highest BCUT2D eigenvalue weighted by Crippen LogP contribution is 2.35. The molecule has 1 amide bonds. The number of halogens is 1. The van der Waals surface area contributed by atoms with Crippen LogP contribution in [0.15, 0.2) is 48.5 Å². The van der Waals surface area contributed by atoms with Gasteiger partial charge in [-0.3, -0.25) is 14.5 Å². The van der Waals surface area contributed by atoms with Crippen molar-refractivity contribution in [1.82, 2.24) is 10.2 Å². The molecule has 1 saturated heterocycles. The monoisotopic (exact) mass is 400 g/mol. The third-order valence-corrected chi connectivity index (χ3v) is 5.55. The van der Waals surface area contributed by atoms with E-state index in [-0.39, 0.29) is 18.9 Å². The zero-order valence-electron chi connectivity index (χ0n) is 16.3. The summed E-state index contributed by atoms with van der Waals surface area (Å²) in [7, 11) is 1.57.